The van der Waals surface area contributed by atoms with E-state index >= 15 is 0 Å². The molecule has 3 aliphatic rings. The molecular weight excluding hydrogens is 342 g/mol. The SMILES string of the molecule is CCOC(=O)[C@H]1[C@@H]2CN(C(=O)c3cccc4c3CCC4=O)C[C@@H]2C=C[C@@H]1C. The predicted octanol–water partition coefficient (Wildman–Crippen LogP) is 2.89. The topological polar surface area (TPSA) is 63.7 Å². The van der Waals surface area contributed by atoms with E-state index < -0.39 is 0 Å². The van der Waals surface area contributed by atoms with Crippen LogP contribution in [0.5, 0.6) is 0 Å². The van der Waals surface area contributed by atoms with Crippen molar-refractivity contribution >= 4 is 17.7 Å². The zero-order chi connectivity index (χ0) is 19.1. The Hall–Kier alpha value is -2.43. The molecule has 1 saturated heterocycles. The van der Waals surface area contributed by atoms with Crippen molar-refractivity contribution in [2.24, 2.45) is 23.7 Å². The first-order valence-electron chi connectivity index (χ1n) is 9.80. The number of carbonyl (C=O) groups excluding carboxylic acids is 3. The van der Waals surface area contributed by atoms with Crippen LogP contribution in [0, 0.1) is 23.7 Å². The van der Waals surface area contributed by atoms with Gasteiger partial charge in [0.1, 0.15) is 0 Å². The first-order valence-corrected chi connectivity index (χ1v) is 9.80. The first kappa shape index (κ1) is 18.0. The number of Topliss-reactive ketones (excluding diaryl/α,β-unsaturated/α-hetero) is 1. The first-order chi connectivity index (χ1) is 13.0. The fraction of sp³-hybridized carbons (Fsp3) is 0.500. The molecule has 4 atom stereocenters. The van der Waals surface area contributed by atoms with Gasteiger partial charge in [-0.3, -0.25) is 14.4 Å². The van der Waals surface area contributed by atoms with Crippen molar-refractivity contribution < 1.29 is 19.1 Å². The number of hydrogen-bond acceptors (Lipinski definition) is 4. The maximum atomic E-state index is 13.2. The van der Waals surface area contributed by atoms with Crippen LogP contribution in [0.1, 0.15) is 46.5 Å². The van der Waals surface area contributed by atoms with Crippen LogP contribution in [-0.2, 0) is 16.0 Å². The Morgan fingerprint density at radius 2 is 2.00 bits per heavy atom. The number of fused-ring (bicyclic) bond motifs is 2. The minimum absolute atomic E-state index is 0.0281. The highest BCUT2D eigenvalue weighted by molar-refractivity contribution is 6.05. The molecule has 2 aliphatic carbocycles. The van der Waals surface area contributed by atoms with E-state index in [4.69, 9.17) is 4.74 Å². The van der Waals surface area contributed by atoms with Gasteiger partial charge in [-0.2, -0.15) is 0 Å². The predicted molar refractivity (Wildman–Crippen MR) is 100 cm³/mol. The van der Waals surface area contributed by atoms with Gasteiger partial charge in [-0.05, 0) is 42.7 Å². The molecule has 0 saturated carbocycles. The quantitative estimate of drug-likeness (QED) is 0.609. The van der Waals surface area contributed by atoms with Crippen LogP contribution in [0.25, 0.3) is 0 Å². The van der Waals surface area contributed by atoms with Crippen molar-refractivity contribution in [2.45, 2.75) is 26.7 Å². The lowest BCUT2D eigenvalue weighted by atomic mass is 9.72. The normalized spacial score (nSPS) is 28.8. The number of nitrogens with zero attached hydrogens (tertiary/aromatic N) is 1. The Labute approximate surface area is 159 Å². The summed E-state index contributed by atoms with van der Waals surface area (Å²) in [4.78, 5) is 39.6. The molecule has 1 aromatic carbocycles. The number of ketones is 1. The summed E-state index contributed by atoms with van der Waals surface area (Å²) in [7, 11) is 0. The summed E-state index contributed by atoms with van der Waals surface area (Å²) in [6, 6.07) is 5.43. The Balaban J connectivity index is 1.58. The second-order valence-corrected chi connectivity index (χ2v) is 7.81. The molecule has 142 valence electrons. The van der Waals surface area contributed by atoms with Gasteiger partial charge in [0, 0.05) is 30.6 Å². The van der Waals surface area contributed by atoms with Gasteiger partial charge in [0.2, 0.25) is 0 Å². The number of rotatable bonds is 3. The smallest absolute Gasteiger partial charge is 0.309 e. The van der Waals surface area contributed by atoms with E-state index in [9.17, 15) is 14.4 Å². The lowest BCUT2D eigenvalue weighted by Crippen LogP contribution is -2.37. The van der Waals surface area contributed by atoms with E-state index in [1.54, 1.807) is 6.07 Å². The van der Waals surface area contributed by atoms with Crippen LogP contribution in [0.3, 0.4) is 0 Å². The van der Waals surface area contributed by atoms with Gasteiger partial charge in [-0.25, -0.2) is 0 Å². The van der Waals surface area contributed by atoms with E-state index in [0.29, 0.717) is 43.7 Å². The van der Waals surface area contributed by atoms with Crippen LogP contribution in [0.15, 0.2) is 30.4 Å². The molecule has 1 aliphatic heterocycles. The van der Waals surface area contributed by atoms with Crippen molar-refractivity contribution in [3.8, 4) is 0 Å². The molecule has 5 nitrogen and oxygen atoms in total. The third-order valence-corrected chi connectivity index (χ3v) is 6.26. The van der Waals surface area contributed by atoms with Crippen molar-refractivity contribution in [3.05, 3.63) is 47.0 Å². The fourth-order valence-corrected chi connectivity index (χ4v) is 4.92. The standard InChI is InChI=1S/C22H25NO4/c1-3-27-22(26)20-13(2)7-8-14-11-23(12-18(14)20)21(25)17-6-4-5-16-15(17)9-10-19(16)24/h4-8,13-14,18,20H,3,9-12H2,1-2H3/t13-,14-,18+,20+/m0/s1. The van der Waals surface area contributed by atoms with E-state index in [1.165, 1.54) is 0 Å². The van der Waals surface area contributed by atoms with Crippen molar-refractivity contribution in [3.63, 3.8) is 0 Å². The molecule has 1 aromatic rings. The highest BCUT2D eigenvalue weighted by Crippen LogP contribution is 2.40. The van der Waals surface area contributed by atoms with E-state index in [2.05, 4.69) is 12.2 Å². The van der Waals surface area contributed by atoms with Crippen LogP contribution in [0.2, 0.25) is 0 Å². The number of likely N-dealkylation sites (tertiary alicyclic amines) is 1. The molecule has 0 N–H and O–H groups in total. The Morgan fingerprint density at radius 1 is 1.19 bits per heavy atom. The maximum absolute atomic E-state index is 13.2. The largest absolute Gasteiger partial charge is 0.466 e. The summed E-state index contributed by atoms with van der Waals surface area (Å²) in [5.41, 5.74) is 2.21. The van der Waals surface area contributed by atoms with Crippen molar-refractivity contribution in [1.82, 2.24) is 4.90 Å². The van der Waals surface area contributed by atoms with Gasteiger partial charge in [0.15, 0.2) is 5.78 Å². The average Bonchev–Trinajstić information content (AvgIpc) is 3.25. The van der Waals surface area contributed by atoms with Crippen molar-refractivity contribution in [1.29, 1.82) is 0 Å². The molecule has 4 rings (SSSR count). The second-order valence-electron chi connectivity index (χ2n) is 7.81. The second kappa shape index (κ2) is 6.95. The van der Waals surface area contributed by atoms with Gasteiger partial charge in [0.25, 0.3) is 5.91 Å². The highest BCUT2D eigenvalue weighted by Gasteiger charge is 2.46. The van der Waals surface area contributed by atoms with Gasteiger partial charge < -0.3 is 9.64 Å². The third-order valence-electron chi connectivity index (χ3n) is 6.26. The molecule has 1 heterocycles. The van der Waals surface area contributed by atoms with E-state index in [0.717, 1.165) is 5.56 Å². The van der Waals surface area contributed by atoms with E-state index in [-0.39, 0.29) is 41.3 Å². The van der Waals surface area contributed by atoms with Gasteiger partial charge >= 0.3 is 5.97 Å². The Bertz CT molecular complexity index is 828. The minimum Gasteiger partial charge on any atom is -0.466 e. The lowest BCUT2D eigenvalue weighted by molar-refractivity contribution is -0.152. The lowest BCUT2D eigenvalue weighted by Gasteiger charge is -2.31. The van der Waals surface area contributed by atoms with Crippen LogP contribution in [-0.4, -0.2) is 42.3 Å². The molecular formula is C22H25NO4. The van der Waals surface area contributed by atoms with E-state index in [1.807, 2.05) is 30.9 Å². The molecule has 27 heavy (non-hydrogen) atoms. The van der Waals surface area contributed by atoms with Gasteiger partial charge in [-0.1, -0.05) is 31.2 Å². The number of allylic oxidation sites excluding steroid dienone is 1. The highest BCUT2D eigenvalue weighted by atomic mass is 16.5. The average molecular weight is 367 g/mol. The maximum Gasteiger partial charge on any atom is 0.309 e. The molecule has 0 radical (unpaired) electrons. The van der Waals surface area contributed by atoms with Gasteiger partial charge in [-0.15, -0.1) is 0 Å². The summed E-state index contributed by atoms with van der Waals surface area (Å²) in [5.74, 6) is 0.0995. The third kappa shape index (κ3) is 2.99. The molecule has 5 heteroatoms. The summed E-state index contributed by atoms with van der Waals surface area (Å²) < 4.78 is 5.30. The number of benzene rings is 1. The molecule has 1 amide bonds. The number of amides is 1. The zero-order valence-corrected chi connectivity index (χ0v) is 15.8. The summed E-state index contributed by atoms with van der Waals surface area (Å²) in [5, 5.41) is 0. The molecule has 0 spiro atoms. The number of ether oxygens (including phenoxy) is 1. The molecule has 0 aromatic heterocycles. The molecule has 0 bridgehead atoms. The summed E-state index contributed by atoms with van der Waals surface area (Å²) in [6.45, 7) is 5.39. The van der Waals surface area contributed by atoms with Crippen LogP contribution >= 0.6 is 0 Å². The van der Waals surface area contributed by atoms with Crippen LogP contribution in [0.4, 0.5) is 0 Å². The zero-order valence-electron chi connectivity index (χ0n) is 15.8. The summed E-state index contributed by atoms with van der Waals surface area (Å²) >= 11 is 0. The molecule has 0 unspecified atom stereocenters. The van der Waals surface area contributed by atoms with Crippen LogP contribution < -0.4 is 0 Å². The monoisotopic (exact) mass is 367 g/mol. The summed E-state index contributed by atoms with van der Waals surface area (Å²) in [6.07, 6.45) is 5.35. The number of esters is 1. The minimum atomic E-state index is -0.208. The Kier molecular flexibility index (Phi) is 4.62. The Morgan fingerprint density at radius 3 is 2.78 bits per heavy atom. The molecule has 1 fully saturated rings. The van der Waals surface area contributed by atoms with Crippen molar-refractivity contribution in [2.75, 3.05) is 19.7 Å². The fourth-order valence-electron chi connectivity index (χ4n) is 4.92. The number of hydrogen-bond donors (Lipinski definition) is 0. The van der Waals surface area contributed by atoms with Gasteiger partial charge in [0.05, 0.1) is 12.5 Å². The number of carbonyl (C=O) groups is 3.